The third-order valence-electron chi connectivity index (χ3n) is 3.76. The van der Waals surface area contributed by atoms with Crippen LogP contribution >= 0.6 is 24.0 Å². The lowest BCUT2D eigenvalue weighted by molar-refractivity contribution is 0.0187. The van der Waals surface area contributed by atoms with Crippen molar-refractivity contribution >= 4 is 36.0 Å². The zero-order valence-corrected chi connectivity index (χ0v) is 18.4. The summed E-state index contributed by atoms with van der Waals surface area (Å²) in [7, 11) is 0. The van der Waals surface area contributed by atoms with Gasteiger partial charge in [-0.2, -0.15) is 0 Å². The molecular weight excluding hydrogens is 435 g/mol. The minimum atomic E-state index is -0.444. The van der Waals surface area contributed by atoms with Gasteiger partial charge in [0, 0.05) is 39.4 Å². The fourth-order valence-corrected chi connectivity index (χ4v) is 2.44. The molecule has 0 atom stereocenters. The van der Waals surface area contributed by atoms with E-state index < -0.39 is 5.60 Å². The van der Waals surface area contributed by atoms with Crippen LogP contribution in [0.15, 0.2) is 4.99 Å². The fraction of sp³-hybridized carbons (Fsp3) is 0.882. The van der Waals surface area contributed by atoms with Crippen molar-refractivity contribution in [2.45, 2.75) is 52.6 Å². The van der Waals surface area contributed by atoms with Crippen LogP contribution in [0.5, 0.6) is 0 Å². The van der Waals surface area contributed by atoms with Gasteiger partial charge in [0.25, 0.3) is 0 Å². The number of guanidine groups is 1. The van der Waals surface area contributed by atoms with E-state index in [0.29, 0.717) is 18.4 Å². The number of nitrogens with one attached hydrogen (secondary N) is 1. The van der Waals surface area contributed by atoms with Crippen molar-refractivity contribution < 1.29 is 14.3 Å². The Labute approximate surface area is 169 Å². The highest BCUT2D eigenvalue weighted by molar-refractivity contribution is 14.0. The highest BCUT2D eigenvalue weighted by Gasteiger charge is 2.26. The topological polar surface area (TPSA) is 89.2 Å². The Morgan fingerprint density at radius 1 is 1.32 bits per heavy atom. The number of halogens is 1. The monoisotopic (exact) mass is 470 g/mol. The molecule has 0 aliphatic carbocycles. The summed E-state index contributed by atoms with van der Waals surface area (Å²) in [4.78, 5) is 18.2. The molecule has 1 heterocycles. The van der Waals surface area contributed by atoms with E-state index in [2.05, 4.69) is 10.3 Å². The van der Waals surface area contributed by atoms with Crippen molar-refractivity contribution in [1.82, 2.24) is 10.2 Å². The van der Waals surface area contributed by atoms with Gasteiger partial charge in [-0.25, -0.2) is 4.79 Å². The van der Waals surface area contributed by atoms with E-state index >= 15 is 0 Å². The third kappa shape index (κ3) is 11.5. The smallest absolute Gasteiger partial charge is 0.410 e. The van der Waals surface area contributed by atoms with Crippen molar-refractivity contribution in [3.8, 4) is 0 Å². The van der Waals surface area contributed by atoms with Crippen molar-refractivity contribution in [3.05, 3.63) is 0 Å². The Morgan fingerprint density at radius 2 is 1.96 bits per heavy atom. The van der Waals surface area contributed by atoms with Crippen LogP contribution < -0.4 is 11.1 Å². The number of nitrogens with two attached hydrogens (primary N) is 1. The number of ether oxygens (including phenoxy) is 2. The molecule has 0 aromatic rings. The second kappa shape index (κ2) is 12.6. The molecule has 7 nitrogen and oxygen atoms in total. The number of likely N-dealkylation sites (tertiary alicyclic amines) is 1. The first-order chi connectivity index (χ1) is 11.3. The lowest BCUT2D eigenvalue weighted by Crippen LogP contribution is -2.42. The number of nitrogens with zero attached hydrogens (tertiary/aromatic N) is 2. The maximum absolute atomic E-state index is 12.0. The molecule has 0 bridgehead atoms. The molecule has 3 N–H and O–H groups in total. The summed E-state index contributed by atoms with van der Waals surface area (Å²) < 4.78 is 10.7. The lowest BCUT2D eigenvalue weighted by Gasteiger charge is -2.33. The summed E-state index contributed by atoms with van der Waals surface area (Å²) in [6, 6.07) is 0. The fourth-order valence-electron chi connectivity index (χ4n) is 2.44. The molecule has 0 spiro atoms. The van der Waals surface area contributed by atoms with E-state index in [1.54, 1.807) is 4.90 Å². The van der Waals surface area contributed by atoms with Crippen LogP contribution in [0.2, 0.25) is 0 Å². The Bertz CT molecular complexity index is 405. The minimum absolute atomic E-state index is 0. The van der Waals surface area contributed by atoms with Gasteiger partial charge >= 0.3 is 6.09 Å². The molecule has 0 radical (unpaired) electrons. The first-order valence-corrected chi connectivity index (χ1v) is 8.91. The average Bonchev–Trinajstić information content (AvgIpc) is 2.51. The first kappa shape index (κ1) is 24.2. The van der Waals surface area contributed by atoms with Crippen molar-refractivity contribution in [2.24, 2.45) is 16.6 Å². The van der Waals surface area contributed by atoms with Gasteiger partial charge in [0.1, 0.15) is 5.60 Å². The van der Waals surface area contributed by atoms with Crippen LogP contribution in [0.4, 0.5) is 4.79 Å². The molecule has 1 fully saturated rings. The third-order valence-corrected chi connectivity index (χ3v) is 3.76. The molecule has 1 saturated heterocycles. The Balaban J connectivity index is 0.00000576. The second-order valence-electron chi connectivity index (χ2n) is 7.11. The summed E-state index contributed by atoms with van der Waals surface area (Å²) in [5.41, 5.74) is 5.42. The summed E-state index contributed by atoms with van der Waals surface area (Å²) in [5, 5.41) is 3.10. The number of hydrogen-bond donors (Lipinski definition) is 2. The Morgan fingerprint density at radius 3 is 2.52 bits per heavy atom. The average molecular weight is 470 g/mol. The van der Waals surface area contributed by atoms with Crippen LogP contribution in [0.1, 0.15) is 47.0 Å². The van der Waals surface area contributed by atoms with Gasteiger partial charge in [-0.3, -0.25) is 4.99 Å². The molecule has 25 heavy (non-hydrogen) atoms. The van der Waals surface area contributed by atoms with Gasteiger partial charge in [-0.15, -0.1) is 24.0 Å². The number of piperidine rings is 1. The van der Waals surface area contributed by atoms with Crippen LogP contribution in [-0.2, 0) is 9.47 Å². The number of amides is 1. The quantitative estimate of drug-likeness (QED) is 0.259. The van der Waals surface area contributed by atoms with E-state index in [9.17, 15) is 4.79 Å². The SMILES string of the molecule is CCOCCCNC(N)=NCC1CCN(C(=O)OC(C)(C)C)CC1.I. The molecule has 1 aliphatic heterocycles. The molecule has 0 aromatic heterocycles. The highest BCUT2D eigenvalue weighted by Crippen LogP contribution is 2.19. The van der Waals surface area contributed by atoms with Crippen molar-refractivity contribution in [3.63, 3.8) is 0 Å². The molecule has 0 saturated carbocycles. The molecule has 1 amide bonds. The van der Waals surface area contributed by atoms with Crippen LogP contribution in [0.3, 0.4) is 0 Å². The molecule has 8 heteroatoms. The molecule has 0 unspecified atom stereocenters. The number of rotatable bonds is 7. The van der Waals surface area contributed by atoms with E-state index in [0.717, 1.165) is 52.1 Å². The number of carbonyl (C=O) groups is 1. The van der Waals surface area contributed by atoms with Crippen LogP contribution in [-0.4, -0.2) is 61.9 Å². The summed E-state index contributed by atoms with van der Waals surface area (Å²) in [6.07, 6.45) is 2.55. The van der Waals surface area contributed by atoms with E-state index in [1.165, 1.54) is 0 Å². The zero-order valence-electron chi connectivity index (χ0n) is 16.0. The predicted octanol–water partition coefficient (Wildman–Crippen LogP) is 2.58. The van der Waals surface area contributed by atoms with Crippen LogP contribution in [0, 0.1) is 5.92 Å². The number of aliphatic imine (C=N–C) groups is 1. The van der Waals surface area contributed by atoms with Gasteiger partial charge in [0.2, 0.25) is 0 Å². The lowest BCUT2D eigenvalue weighted by atomic mass is 9.97. The van der Waals surface area contributed by atoms with Gasteiger partial charge in [0.15, 0.2) is 5.96 Å². The molecular formula is C17H35IN4O3. The number of hydrogen-bond acceptors (Lipinski definition) is 4. The van der Waals surface area contributed by atoms with E-state index in [1.807, 2.05) is 27.7 Å². The summed E-state index contributed by atoms with van der Waals surface area (Å²) >= 11 is 0. The Hall–Kier alpha value is -0.770. The van der Waals surface area contributed by atoms with E-state index in [4.69, 9.17) is 15.2 Å². The van der Waals surface area contributed by atoms with Gasteiger partial charge in [0.05, 0.1) is 0 Å². The maximum Gasteiger partial charge on any atom is 0.410 e. The van der Waals surface area contributed by atoms with Crippen LogP contribution in [0.25, 0.3) is 0 Å². The largest absolute Gasteiger partial charge is 0.444 e. The molecule has 1 aliphatic rings. The molecule has 0 aromatic carbocycles. The van der Waals surface area contributed by atoms with Crippen molar-refractivity contribution in [1.29, 1.82) is 0 Å². The standard InChI is InChI=1S/C17H34N4O3.HI/c1-5-23-12-6-9-19-15(18)20-13-14-7-10-21(11-8-14)16(22)24-17(2,3)4;/h14H,5-13H2,1-4H3,(H3,18,19,20);1H. The zero-order chi connectivity index (χ0) is 18.0. The molecule has 1 rings (SSSR count). The van der Waals surface area contributed by atoms with Gasteiger partial charge in [-0.1, -0.05) is 0 Å². The molecule has 148 valence electrons. The predicted molar refractivity (Wildman–Crippen MR) is 112 cm³/mol. The summed E-state index contributed by atoms with van der Waals surface area (Å²) in [6.45, 7) is 12.0. The highest BCUT2D eigenvalue weighted by atomic mass is 127. The normalized spacial score (nSPS) is 16.3. The Kier molecular flexibility index (Phi) is 12.2. The first-order valence-electron chi connectivity index (χ1n) is 8.91. The minimum Gasteiger partial charge on any atom is -0.444 e. The van der Waals surface area contributed by atoms with Crippen molar-refractivity contribution in [2.75, 3.05) is 39.4 Å². The maximum atomic E-state index is 12.0. The number of carbonyl (C=O) groups excluding carboxylic acids is 1. The van der Waals surface area contributed by atoms with E-state index in [-0.39, 0.29) is 30.1 Å². The van der Waals surface area contributed by atoms with Gasteiger partial charge < -0.3 is 25.4 Å². The summed E-state index contributed by atoms with van der Waals surface area (Å²) in [5.74, 6) is 0.952. The van der Waals surface area contributed by atoms with Gasteiger partial charge in [-0.05, 0) is 52.9 Å². The second-order valence-corrected chi connectivity index (χ2v) is 7.11.